The van der Waals surface area contributed by atoms with Gasteiger partial charge in [-0.15, -0.1) is 0 Å². The van der Waals surface area contributed by atoms with Gasteiger partial charge in [-0.2, -0.15) is 0 Å². The fraction of sp³-hybridized carbons (Fsp3) is 0.875. The summed E-state index contributed by atoms with van der Waals surface area (Å²) in [5.74, 6) is -0.948. The minimum absolute atomic E-state index is 0.227. The standard InChI is InChI=1S/C8H14O3/c1-8(11)4-2-6(3-5-8)7(9)10/h6,11H,2-5H2,1H3,(H,9,10)/t6-,8-. The third-order valence-electron chi connectivity index (χ3n) is 2.41. The van der Waals surface area contributed by atoms with Gasteiger partial charge in [0, 0.05) is 0 Å². The Hall–Kier alpha value is -0.570. The number of aliphatic hydroxyl groups is 1. The van der Waals surface area contributed by atoms with E-state index in [0.29, 0.717) is 25.7 Å². The SMILES string of the molecule is C[C@]1(O)CC[C@H](C(=O)O)CC1. The predicted octanol–water partition coefficient (Wildman–Crippen LogP) is 1.01. The molecule has 1 aliphatic carbocycles. The Morgan fingerprint density at radius 3 is 2.27 bits per heavy atom. The first-order valence-corrected chi connectivity index (χ1v) is 3.96. The fourth-order valence-corrected chi connectivity index (χ4v) is 1.49. The average Bonchev–Trinajstić information content (AvgIpc) is 1.86. The molecule has 1 fully saturated rings. The fourth-order valence-electron chi connectivity index (χ4n) is 1.49. The van der Waals surface area contributed by atoms with Crippen LogP contribution in [-0.4, -0.2) is 21.8 Å². The topological polar surface area (TPSA) is 57.5 Å². The summed E-state index contributed by atoms with van der Waals surface area (Å²) in [6, 6.07) is 0. The van der Waals surface area contributed by atoms with Crippen LogP contribution in [0.4, 0.5) is 0 Å². The van der Waals surface area contributed by atoms with E-state index in [2.05, 4.69) is 0 Å². The molecule has 3 nitrogen and oxygen atoms in total. The summed E-state index contributed by atoms with van der Waals surface area (Å²) in [5.41, 5.74) is -0.619. The minimum atomic E-state index is -0.722. The highest BCUT2D eigenvalue weighted by molar-refractivity contribution is 5.70. The number of carboxylic acids is 1. The lowest BCUT2D eigenvalue weighted by Gasteiger charge is -2.30. The second-order valence-electron chi connectivity index (χ2n) is 3.61. The Morgan fingerprint density at radius 1 is 1.45 bits per heavy atom. The van der Waals surface area contributed by atoms with Gasteiger partial charge in [0.1, 0.15) is 0 Å². The smallest absolute Gasteiger partial charge is 0.306 e. The van der Waals surface area contributed by atoms with Crippen LogP contribution < -0.4 is 0 Å². The van der Waals surface area contributed by atoms with Crippen molar-refractivity contribution in [3.63, 3.8) is 0 Å². The number of hydrogen-bond acceptors (Lipinski definition) is 2. The van der Waals surface area contributed by atoms with Crippen molar-refractivity contribution in [1.82, 2.24) is 0 Å². The molecule has 11 heavy (non-hydrogen) atoms. The van der Waals surface area contributed by atoms with E-state index in [1.54, 1.807) is 6.92 Å². The number of aliphatic carboxylic acids is 1. The molecule has 0 amide bonds. The van der Waals surface area contributed by atoms with Crippen LogP contribution in [0.3, 0.4) is 0 Å². The molecular weight excluding hydrogens is 144 g/mol. The molecule has 64 valence electrons. The number of carbonyl (C=O) groups is 1. The van der Waals surface area contributed by atoms with Gasteiger partial charge in [0.2, 0.25) is 0 Å². The van der Waals surface area contributed by atoms with E-state index in [0.717, 1.165) is 0 Å². The molecule has 0 unspecified atom stereocenters. The molecule has 0 atom stereocenters. The maximum Gasteiger partial charge on any atom is 0.306 e. The van der Waals surface area contributed by atoms with Crippen molar-refractivity contribution < 1.29 is 15.0 Å². The van der Waals surface area contributed by atoms with Gasteiger partial charge in [-0.25, -0.2) is 0 Å². The Balaban J connectivity index is 2.42. The van der Waals surface area contributed by atoms with Gasteiger partial charge in [-0.05, 0) is 32.6 Å². The van der Waals surface area contributed by atoms with Crippen LogP contribution in [0.1, 0.15) is 32.6 Å². The zero-order chi connectivity index (χ0) is 8.48. The van der Waals surface area contributed by atoms with E-state index in [9.17, 15) is 9.90 Å². The number of rotatable bonds is 1. The van der Waals surface area contributed by atoms with E-state index in [-0.39, 0.29) is 5.92 Å². The van der Waals surface area contributed by atoms with Gasteiger partial charge >= 0.3 is 5.97 Å². The first kappa shape index (κ1) is 8.53. The first-order chi connectivity index (χ1) is 5.01. The largest absolute Gasteiger partial charge is 0.481 e. The molecule has 0 spiro atoms. The van der Waals surface area contributed by atoms with Crippen LogP contribution in [0.2, 0.25) is 0 Å². The summed E-state index contributed by atoms with van der Waals surface area (Å²) >= 11 is 0. The van der Waals surface area contributed by atoms with Crippen molar-refractivity contribution >= 4 is 5.97 Å². The van der Waals surface area contributed by atoms with Crippen molar-refractivity contribution in [2.24, 2.45) is 5.92 Å². The summed E-state index contributed by atoms with van der Waals surface area (Å²) in [4.78, 5) is 10.5. The highest BCUT2D eigenvalue weighted by Gasteiger charge is 2.31. The van der Waals surface area contributed by atoms with Gasteiger partial charge in [0.05, 0.1) is 11.5 Å². The second-order valence-corrected chi connectivity index (χ2v) is 3.61. The second kappa shape index (κ2) is 2.81. The lowest BCUT2D eigenvalue weighted by atomic mass is 9.80. The Bertz CT molecular complexity index is 153. The third kappa shape index (κ3) is 2.19. The maximum absolute atomic E-state index is 10.5. The summed E-state index contributed by atoms with van der Waals surface area (Å²) < 4.78 is 0. The van der Waals surface area contributed by atoms with Gasteiger partial charge < -0.3 is 10.2 Å². The molecule has 0 aromatic rings. The molecule has 1 saturated carbocycles. The van der Waals surface area contributed by atoms with Crippen molar-refractivity contribution in [3.05, 3.63) is 0 Å². The monoisotopic (exact) mass is 158 g/mol. The molecule has 0 heterocycles. The summed E-state index contributed by atoms with van der Waals surface area (Å²) in [6.45, 7) is 1.77. The normalized spacial score (nSPS) is 38.5. The molecule has 0 radical (unpaired) electrons. The Kier molecular flexibility index (Phi) is 2.18. The molecule has 0 bridgehead atoms. The first-order valence-electron chi connectivity index (χ1n) is 3.96. The molecule has 1 aliphatic rings. The third-order valence-corrected chi connectivity index (χ3v) is 2.41. The summed E-state index contributed by atoms with van der Waals surface area (Å²) in [7, 11) is 0. The van der Waals surface area contributed by atoms with E-state index in [4.69, 9.17) is 5.11 Å². The lowest BCUT2D eigenvalue weighted by Crippen LogP contribution is -2.32. The lowest BCUT2D eigenvalue weighted by molar-refractivity contribution is -0.144. The van der Waals surface area contributed by atoms with E-state index in [1.165, 1.54) is 0 Å². The zero-order valence-corrected chi connectivity index (χ0v) is 6.71. The molecule has 0 aliphatic heterocycles. The van der Waals surface area contributed by atoms with Crippen molar-refractivity contribution in [2.45, 2.75) is 38.2 Å². The van der Waals surface area contributed by atoms with Crippen molar-refractivity contribution in [2.75, 3.05) is 0 Å². The van der Waals surface area contributed by atoms with E-state index < -0.39 is 11.6 Å². The van der Waals surface area contributed by atoms with E-state index >= 15 is 0 Å². The van der Waals surface area contributed by atoms with Crippen LogP contribution in [0, 0.1) is 5.92 Å². The highest BCUT2D eigenvalue weighted by Crippen LogP contribution is 2.31. The molecule has 2 N–H and O–H groups in total. The van der Waals surface area contributed by atoms with Crippen LogP contribution in [-0.2, 0) is 4.79 Å². The molecule has 0 aromatic heterocycles. The average molecular weight is 158 g/mol. The Labute approximate surface area is 66.0 Å². The van der Waals surface area contributed by atoms with Crippen LogP contribution in [0.15, 0.2) is 0 Å². The van der Waals surface area contributed by atoms with Crippen molar-refractivity contribution in [1.29, 1.82) is 0 Å². The van der Waals surface area contributed by atoms with Crippen molar-refractivity contribution in [3.8, 4) is 0 Å². The number of carboxylic acid groups (broad SMARTS) is 1. The van der Waals surface area contributed by atoms with Crippen LogP contribution >= 0.6 is 0 Å². The highest BCUT2D eigenvalue weighted by atomic mass is 16.4. The molecular formula is C8H14O3. The summed E-state index contributed by atoms with van der Waals surface area (Å²) in [5, 5.41) is 18.1. The molecule has 1 rings (SSSR count). The minimum Gasteiger partial charge on any atom is -0.481 e. The quantitative estimate of drug-likeness (QED) is 0.598. The van der Waals surface area contributed by atoms with E-state index in [1.807, 2.05) is 0 Å². The molecule has 0 saturated heterocycles. The maximum atomic E-state index is 10.5. The molecule has 3 heteroatoms. The molecule has 0 aromatic carbocycles. The Morgan fingerprint density at radius 2 is 1.91 bits per heavy atom. The van der Waals surface area contributed by atoms with Gasteiger partial charge in [-0.1, -0.05) is 0 Å². The predicted molar refractivity (Wildman–Crippen MR) is 40.2 cm³/mol. The summed E-state index contributed by atoms with van der Waals surface area (Å²) in [6.07, 6.45) is 2.46. The van der Waals surface area contributed by atoms with Gasteiger partial charge in [0.15, 0.2) is 0 Å². The number of hydrogen-bond donors (Lipinski definition) is 2. The van der Waals surface area contributed by atoms with Crippen LogP contribution in [0.25, 0.3) is 0 Å². The van der Waals surface area contributed by atoms with Crippen LogP contribution in [0.5, 0.6) is 0 Å². The van der Waals surface area contributed by atoms with Gasteiger partial charge in [0.25, 0.3) is 0 Å². The van der Waals surface area contributed by atoms with Gasteiger partial charge in [-0.3, -0.25) is 4.79 Å². The zero-order valence-electron chi connectivity index (χ0n) is 6.71.